The normalized spacial score (nSPS) is 15.4. The van der Waals surface area contributed by atoms with Crippen molar-refractivity contribution < 1.29 is 23.8 Å². The van der Waals surface area contributed by atoms with Gasteiger partial charge < -0.3 is 14.6 Å². The van der Waals surface area contributed by atoms with E-state index in [4.69, 9.17) is 9.47 Å². The highest BCUT2D eigenvalue weighted by atomic mass is 19.1. The number of carboxylic acid groups (broad SMARTS) is 1. The molecule has 1 N–H and O–H groups in total. The van der Waals surface area contributed by atoms with Crippen LogP contribution in [0.3, 0.4) is 0 Å². The number of rotatable bonds is 9. The molecule has 146 valence electrons. The molecule has 0 unspecified atom stereocenters. The maximum atomic E-state index is 15.3. The average Bonchev–Trinajstić information content (AvgIpc) is 3.43. The van der Waals surface area contributed by atoms with Gasteiger partial charge in [-0.15, -0.1) is 0 Å². The van der Waals surface area contributed by atoms with Gasteiger partial charge in [-0.05, 0) is 25.0 Å². The van der Waals surface area contributed by atoms with E-state index in [1.165, 1.54) is 10.6 Å². The minimum Gasteiger partial charge on any atom is -0.477 e. The molecule has 2 aromatic rings. The Bertz CT molecular complexity index is 899. The number of aromatic nitrogens is 1. The number of ether oxygens (including phenoxy) is 2. The van der Waals surface area contributed by atoms with Crippen molar-refractivity contribution in [2.45, 2.75) is 18.5 Å². The van der Waals surface area contributed by atoms with Crippen LogP contribution in [-0.2, 0) is 15.1 Å². The summed E-state index contributed by atoms with van der Waals surface area (Å²) in [6, 6.07) is 6.54. The van der Waals surface area contributed by atoms with Crippen molar-refractivity contribution in [3.05, 3.63) is 46.0 Å². The molecular formula is C19H23FN2O5. The predicted octanol–water partition coefficient (Wildman–Crippen LogP) is 1.88. The van der Waals surface area contributed by atoms with Crippen LogP contribution in [0.1, 0.15) is 23.2 Å². The quantitative estimate of drug-likeness (QED) is 0.671. The first-order chi connectivity index (χ1) is 13.0. The molecule has 0 aliphatic heterocycles. The van der Waals surface area contributed by atoms with Crippen molar-refractivity contribution in [3.8, 4) is 0 Å². The van der Waals surface area contributed by atoms with Gasteiger partial charge in [-0.2, -0.15) is 4.39 Å². The molecular weight excluding hydrogens is 355 g/mol. The van der Waals surface area contributed by atoms with E-state index < -0.39 is 28.6 Å². The Kier molecular flexibility index (Phi) is 5.59. The van der Waals surface area contributed by atoms with E-state index in [9.17, 15) is 14.7 Å². The SMILES string of the molecule is COCCN(CCOC)C1(n2c(F)c(C(=O)O)c(=O)c3ccccc32)CC1. The van der Waals surface area contributed by atoms with Crippen LogP contribution in [0.5, 0.6) is 0 Å². The van der Waals surface area contributed by atoms with Crippen LogP contribution in [0.25, 0.3) is 10.9 Å². The molecule has 0 amide bonds. The number of hydrogen-bond donors (Lipinski definition) is 1. The van der Waals surface area contributed by atoms with Gasteiger partial charge in [-0.25, -0.2) is 4.79 Å². The van der Waals surface area contributed by atoms with E-state index in [0.717, 1.165) is 0 Å². The summed E-state index contributed by atoms with van der Waals surface area (Å²) in [5.41, 5.74) is -1.97. The van der Waals surface area contributed by atoms with Gasteiger partial charge >= 0.3 is 5.97 Å². The van der Waals surface area contributed by atoms with Crippen molar-refractivity contribution >= 4 is 16.9 Å². The van der Waals surface area contributed by atoms with Crippen molar-refractivity contribution in [2.75, 3.05) is 40.5 Å². The predicted molar refractivity (Wildman–Crippen MR) is 97.7 cm³/mol. The van der Waals surface area contributed by atoms with Crippen LogP contribution in [0.4, 0.5) is 4.39 Å². The molecule has 1 aliphatic carbocycles. The zero-order chi connectivity index (χ0) is 19.6. The molecule has 1 aliphatic rings. The summed E-state index contributed by atoms with van der Waals surface area (Å²) >= 11 is 0. The first kappa shape index (κ1) is 19.5. The Balaban J connectivity index is 2.23. The van der Waals surface area contributed by atoms with Crippen LogP contribution in [0.15, 0.2) is 29.1 Å². The van der Waals surface area contributed by atoms with Gasteiger partial charge in [0.15, 0.2) is 5.56 Å². The van der Waals surface area contributed by atoms with E-state index in [0.29, 0.717) is 44.7 Å². The fraction of sp³-hybridized carbons (Fsp3) is 0.474. The van der Waals surface area contributed by atoms with E-state index in [1.54, 1.807) is 32.4 Å². The minimum absolute atomic E-state index is 0.195. The molecule has 0 radical (unpaired) electrons. The van der Waals surface area contributed by atoms with Gasteiger partial charge in [0.05, 0.1) is 18.7 Å². The first-order valence-corrected chi connectivity index (χ1v) is 8.78. The second-order valence-electron chi connectivity index (χ2n) is 6.61. The second-order valence-corrected chi connectivity index (χ2v) is 6.61. The van der Waals surface area contributed by atoms with Crippen LogP contribution in [0.2, 0.25) is 0 Å². The molecule has 0 spiro atoms. The highest BCUT2D eigenvalue weighted by Crippen LogP contribution is 2.48. The van der Waals surface area contributed by atoms with Gasteiger partial charge in [-0.3, -0.25) is 14.3 Å². The highest BCUT2D eigenvalue weighted by molar-refractivity contribution is 5.93. The number of benzene rings is 1. The lowest BCUT2D eigenvalue weighted by Gasteiger charge is -2.35. The molecule has 0 bridgehead atoms. The molecule has 3 rings (SSSR count). The number of aromatic carboxylic acids is 1. The number of pyridine rings is 1. The van der Waals surface area contributed by atoms with Gasteiger partial charge in [0.25, 0.3) is 0 Å². The number of hydrogen-bond acceptors (Lipinski definition) is 5. The largest absolute Gasteiger partial charge is 0.477 e. The van der Waals surface area contributed by atoms with Crippen LogP contribution < -0.4 is 5.43 Å². The van der Waals surface area contributed by atoms with Crippen LogP contribution in [0, 0.1) is 5.95 Å². The number of nitrogens with zero attached hydrogens (tertiary/aromatic N) is 2. The molecule has 1 aromatic carbocycles. The van der Waals surface area contributed by atoms with Crippen molar-refractivity contribution in [3.63, 3.8) is 0 Å². The minimum atomic E-state index is -1.56. The summed E-state index contributed by atoms with van der Waals surface area (Å²) in [6.07, 6.45) is 1.28. The third-order valence-electron chi connectivity index (χ3n) is 5.07. The van der Waals surface area contributed by atoms with Gasteiger partial charge in [0.2, 0.25) is 11.4 Å². The molecule has 0 saturated heterocycles. The Hall–Kier alpha value is -2.29. The molecule has 1 aromatic heterocycles. The number of fused-ring (bicyclic) bond motifs is 1. The first-order valence-electron chi connectivity index (χ1n) is 8.78. The third kappa shape index (κ3) is 3.36. The molecule has 0 atom stereocenters. The number of halogens is 1. The summed E-state index contributed by atoms with van der Waals surface area (Å²) in [7, 11) is 3.18. The second kappa shape index (κ2) is 7.75. The molecule has 8 heteroatoms. The van der Waals surface area contributed by atoms with Gasteiger partial charge in [0, 0.05) is 32.7 Å². The molecule has 27 heavy (non-hydrogen) atoms. The number of carbonyl (C=O) groups is 1. The summed E-state index contributed by atoms with van der Waals surface area (Å²) in [4.78, 5) is 26.1. The smallest absolute Gasteiger partial charge is 0.344 e. The maximum Gasteiger partial charge on any atom is 0.344 e. The van der Waals surface area contributed by atoms with E-state index in [2.05, 4.69) is 0 Å². The fourth-order valence-electron chi connectivity index (χ4n) is 3.62. The van der Waals surface area contributed by atoms with Crippen LogP contribution in [-0.4, -0.2) is 61.1 Å². The van der Waals surface area contributed by atoms with E-state index in [-0.39, 0.29) is 5.39 Å². The molecule has 1 saturated carbocycles. The van der Waals surface area contributed by atoms with Gasteiger partial charge in [-0.1, -0.05) is 12.1 Å². The Morgan fingerprint density at radius 3 is 2.33 bits per heavy atom. The zero-order valence-corrected chi connectivity index (χ0v) is 15.4. The number of carboxylic acids is 1. The average molecular weight is 378 g/mol. The standard InChI is InChI=1S/C19H23FN2O5/c1-26-11-9-21(10-12-27-2)19(7-8-19)22-14-6-4-3-5-13(14)16(23)15(17(22)20)18(24)25/h3-6H,7-12H2,1-2H3,(H,24,25). The van der Waals surface area contributed by atoms with Crippen molar-refractivity contribution in [2.24, 2.45) is 0 Å². The fourth-order valence-corrected chi connectivity index (χ4v) is 3.62. The lowest BCUT2D eigenvalue weighted by Crippen LogP contribution is -2.45. The monoisotopic (exact) mass is 378 g/mol. The zero-order valence-electron chi connectivity index (χ0n) is 15.4. The lowest BCUT2D eigenvalue weighted by molar-refractivity contribution is 0.0433. The Labute approximate surface area is 155 Å². The van der Waals surface area contributed by atoms with E-state index >= 15 is 4.39 Å². The molecule has 1 fully saturated rings. The Morgan fingerprint density at radius 2 is 1.81 bits per heavy atom. The lowest BCUT2D eigenvalue weighted by atomic mass is 10.1. The van der Waals surface area contributed by atoms with Gasteiger partial charge in [0.1, 0.15) is 5.66 Å². The summed E-state index contributed by atoms with van der Waals surface area (Å²) in [6.45, 7) is 1.94. The summed E-state index contributed by atoms with van der Waals surface area (Å²) in [5.74, 6) is -2.57. The third-order valence-corrected chi connectivity index (χ3v) is 5.07. The van der Waals surface area contributed by atoms with Crippen molar-refractivity contribution in [1.82, 2.24) is 9.47 Å². The topological polar surface area (TPSA) is 81.0 Å². The highest BCUT2D eigenvalue weighted by Gasteiger charge is 2.51. The summed E-state index contributed by atoms with van der Waals surface area (Å²) in [5, 5.41) is 9.63. The Morgan fingerprint density at radius 1 is 1.22 bits per heavy atom. The number of para-hydroxylation sites is 1. The molecule has 1 heterocycles. The number of methoxy groups -OCH3 is 2. The molecule has 7 nitrogen and oxygen atoms in total. The maximum absolute atomic E-state index is 15.3. The van der Waals surface area contributed by atoms with Crippen molar-refractivity contribution in [1.29, 1.82) is 0 Å². The summed E-state index contributed by atoms with van der Waals surface area (Å²) < 4.78 is 27.1. The van der Waals surface area contributed by atoms with Crippen LogP contribution >= 0.6 is 0 Å². The van der Waals surface area contributed by atoms with E-state index in [1.807, 2.05) is 4.90 Å².